The molecular formula is C20H25N5O2. The van der Waals surface area contributed by atoms with E-state index in [1.165, 1.54) is 16.2 Å². The van der Waals surface area contributed by atoms with Crippen LogP contribution in [0.2, 0.25) is 0 Å². The number of nitrogens with zero attached hydrogens (tertiary/aromatic N) is 3. The van der Waals surface area contributed by atoms with E-state index >= 15 is 0 Å². The summed E-state index contributed by atoms with van der Waals surface area (Å²) < 4.78 is 5.73. The molecule has 7 heteroatoms. The van der Waals surface area contributed by atoms with E-state index in [9.17, 15) is 0 Å². The van der Waals surface area contributed by atoms with Gasteiger partial charge in [-0.05, 0) is 43.5 Å². The summed E-state index contributed by atoms with van der Waals surface area (Å²) in [5.74, 6) is 1.11. The Morgan fingerprint density at radius 3 is 2.26 bits per heavy atom. The van der Waals surface area contributed by atoms with Crippen molar-refractivity contribution in [3.63, 3.8) is 0 Å². The summed E-state index contributed by atoms with van der Waals surface area (Å²) in [7, 11) is 0. The predicted molar refractivity (Wildman–Crippen MR) is 106 cm³/mol. The Hall–Kier alpha value is -3.06. The topological polar surface area (TPSA) is 98.5 Å². The van der Waals surface area contributed by atoms with Crippen LogP contribution in [-0.2, 0) is 11.3 Å². The molecule has 0 spiro atoms. The Labute approximate surface area is 159 Å². The van der Waals surface area contributed by atoms with E-state index in [4.69, 9.17) is 21.0 Å². The molecule has 1 heterocycles. The average molecular weight is 367 g/mol. The molecule has 27 heavy (non-hydrogen) atoms. The van der Waals surface area contributed by atoms with Gasteiger partial charge in [-0.25, -0.2) is 4.99 Å². The largest absolute Gasteiger partial charge is 0.491 e. The maximum Gasteiger partial charge on any atom is 0.226 e. The van der Waals surface area contributed by atoms with Gasteiger partial charge in [0.2, 0.25) is 11.9 Å². The van der Waals surface area contributed by atoms with Crippen LogP contribution in [0.5, 0.6) is 5.75 Å². The van der Waals surface area contributed by atoms with Crippen LogP contribution in [0.3, 0.4) is 0 Å². The van der Waals surface area contributed by atoms with Crippen LogP contribution in [0, 0.1) is 0 Å². The number of hydrogen-bond acceptors (Lipinski definition) is 7. The molecule has 0 radical (unpaired) electrons. The molecule has 7 nitrogen and oxygen atoms in total. The van der Waals surface area contributed by atoms with E-state index in [0.717, 1.165) is 12.2 Å². The number of rotatable bonds is 7. The highest BCUT2D eigenvalue weighted by Gasteiger charge is 2.32. The van der Waals surface area contributed by atoms with Crippen LogP contribution in [0.25, 0.3) is 0 Å². The molecule has 0 amide bonds. The summed E-state index contributed by atoms with van der Waals surface area (Å²) in [6.45, 7) is 4.36. The molecule has 4 N–H and O–H groups in total. The SMILES string of the molecule is CC1(C)N=C(N)N=C(N)N1OCCOc1ccc(Cc2ccccc2)cc1. The normalized spacial score (nSPS) is 15.9. The lowest BCUT2D eigenvalue weighted by atomic mass is 10.1. The van der Waals surface area contributed by atoms with E-state index < -0.39 is 5.66 Å². The minimum absolute atomic E-state index is 0.143. The number of nitrogens with two attached hydrogens (primary N) is 2. The van der Waals surface area contributed by atoms with Gasteiger partial charge in [0.25, 0.3) is 0 Å². The lowest BCUT2D eigenvalue weighted by Crippen LogP contribution is -2.54. The molecule has 0 aromatic heterocycles. The zero-order valence-electron chi connectivity index (χ0n) is 15.6. The third-order valence-corrected chi connectivity index (χ3v) is 4.07. The first kappa shape index (κ1) is 18.7. The molecule has 0 fully saturated rings. The Balaban J connectivity index is 1.46. The van der Waals surface area contributed by atoms with Crippen molar-refractivity contribution in [3.8, 4) is 5.75 Å². The molecule has 0 atom stereocenters. The van der Waals surface area contributed by atoms with Gasteiger partial charge in [0, 0.05) is 0 Å². The average Bonchev–Trinajstić information content (AvgIpc) is 2.62. The summed E-state index contributed by atoms with van der Waals surface area (Å²) >= 11 is 0. The van der Waals surface area contributed by atoms with Crippen LogP contribution in [-0.4, -0.2) is 35.9 Å². The smallest absolute Gasteiger partial charge is 0.226 e. The molecule has 3 rings (SSSR count). The van der Waals surface area contributed by atoms with Gasteiger partial charge in [-0.1, -0.05) is 42.5 Å². The van der Waals surface area contributed by atoms with Crippen molar-refractivity contribution in [2.45, 2.75) is 25.9 Å². The summed E-state index contributed by atoms with van der Waals surface area (Å²) in [5, 5.41) is 1.44. The molecule has 142 valence electrons. The standard InChI is InChI=1S/C20H25N5O2/c1-20(2)24-18(21)23-19(22)25(20)27-13-12-26-17-10-8-16(9-11-17)14-15-6-4-3-5-7-15/h3-11H,12-14H2,1-2H3,(H4,21,22,23,24). The second kappa shape index (κ2) is 8.09. The predicted octanol–water partition coefficient (Wildman–Crippen LogP) is 2.27. The van der Waals surface area contributed by atoms with Crippen molar-refractivity contribution >= 4 is 11.9 Å². The third kappa shape index (κ3) is 4.98. The zero-order chi connectivity index (χ0) is 19.3. The quantitative estimate of drug-likeness (QED) is 0.732. The van der Waals surface area contributed by atoms with E-state index in [2.05, 4.69) is 34.3 Å². The van der Waals surface area contributed by atoms with E-state index in [-0.39, 0.29) is 11.9 Å². The van der Waals surface area contributed by atoms with Gasteiger partial charge >= 0.3 is 0 Å². The Morgan fingerprint density at radius 2 is 1.59 bits per heavy atom. The highest BCUT2D eigenvalue weighted by atomic mass is 16.7. The second-order valence-electron chi connectivity index (χ2n) is 6.72. The van der Waals surface area contributed by atoms with Crippen molar-refractivity contribution in [2.75, 3.05) is 13.2 Å². The number of hydrogen-bond donors (Lipinski definition) is 2. The molecule has 1 aliphatic rings. The molecule has 0 bridgehead atoms. The summed E-state index contributed by atoms with van der Waals surface area (Å²) in [4.78, 5) is 13.8. The lowest BCUT2D eigenvalue weighted by Gasteiger charge is -2.36. The summed E-state index contributed by atoms with van der Waals surface area (Å²) in [5.41, 5.74) is 13.3. The molecule has 0 unspecified atom stereocenters. The number of guanidine groups is 2. The fourth-order valence-corrected chi connectivity index (χ4v) is 2.84. The zero-order valence-corrected chi connectivity index (χ0v) is 15.6. The van der Waals surface area contributed by atoms with Gasteiger partial charge in [0.05, 0.1) is 0 Å². The molecule has 0 saturated carbocycles. The Morgan fingerprint density at radius 1 is 0.926 bits per heavy atom. The van der Waals surface area contributed by atoms with Crippen LogP contribution < -0.4 is 16.2 Å². The first-order chi connectivity index (χ1) is 12.9. The van der Waals surface area contributed by atoms with Crippen molar-refractivity contribution in [1.82, 2.24) is 5.06 Å². The van der Waals surface area contributed by atoms with Crippen LogP contribution in [0.4, 0.5) is 0 Å². The van der Waals surface area contributed by atoms with Gasteiger partial charge in [0.1, 0.15) is 19.0 Å². The van der Waals surface area contributed by atoms with E-state index in [0.29, 0.717) is 13.2 Å². The highest BCUT2D eigenvalue weighted by molar-refractivity contribution is 5.95. The third-order valence-electron chi connectivity index (χ3n) is 4.07. The number of ether oxygens (including phenoxy) is 1. The van der Waals surface area contributed by atoms with Gasteiger partial charge < -0.3 is 16.2 Å². The second-order valence-corrected chi connectivity index (χ2v) is 6.72. The number of aliphatic imine (C=N–C) groups is 2. The molecule has 0 aliphatic carbocycles. The maximum atomic E-state index is 5.87. The first-order valence-electron chi connectivity index (χ1n) is 8.82. The fourth-order valence-electron chi connectivity index (χ4n) is 2.84. The molecule has 0 saturated heterocycles. The first-order valence-corrected chi connectivity index (χ1v) is 8.82. The van der Waals surface area contributed by atoms with Crippen LogP contribution in [0.15, 0.2) is 64.6 Å². The van der Waals surface area contributed by atoms with Gasteiger partial charge in [-0.3, -0.25) is 4.84 Å². The fraction of sp³-hybridized carbons (Fsp3) is 0.300. The molecule has 1 aliphatic heterocycles. The minimum atomic E-state index is -0.713. The maximum absolute atomic E-state index is 5.87. The van der Waals surface area contributed by atoms with Gasteiger partial charge in [-0.15, -0.1) is 0 Å². The van der Waals surface area contributed by atoms with E-state index in [1.54, 1.807) is 0 Å². The van der Waals surface area contributed by atoms with E-state index in [1.807, 2.05) is 44.2 Å². The Kier molecular flexibility index (Phi) is 5.61. The van der Waals surface area contributed by atoms with Gasteiger partial charge in [0.15, 0.2) is 5.66 Å². The van der Waals surface area contributed by atoms with Crippen molar-refractivity contribution in [1.29, 1.82) is 0 Å². The molecule has 2 aromatic rings. The monoisotopic (exact) mass is 367 g/mol. The summed E-state index contributed by atoms with van der Waals surface area (Å²) in [6, 6.07) is 18.4. The lowest BCUT2D eigenvalue weighted by molar-refractivity contribution is -0.161. The van der Waals surface area contributed by atoms with Crippen molar-refractivity contribution in [2.24, 2.45) is 21.5 Å². The summed E-state index contributed by atoms with van der Waals surface area (Å²) in [6.07, 6.45) is 0.899. The Bertz CT molecular complexity index is 816. The number of hydroxylamine groups is 2. The molecule has 2 aromatic carbocycles. The van der Waals surface area contributed by atoms with Gasteiger partial charge in [-0.2, -0.15) is 10.1 Å². The highest BCUT2D eigenvalue weighted by Crippen LogP contribution is 2.20. The molecular weight excluding hydrogens is 342 g/mol. The van der Waals surface area contributed by atoms with Crippen LogP contribution in [0.1, 0.15) is 25.0 Å². The number of benzene rings is 2. The van der Waals surface area contributed by atoms with Crippen molar-refractivity contribution < 1.29 is 9.57 Å². The van der Waals surface area contributed by atoms with Crippen LogP contribution >= 0.6 is 0 Å². The van der Waals surface area contributed by atoms with Crippen molar-refractivity contribution in [3.05, 3.63) is 65.7 Å². The minimum Gasteiger partial charge on any atom is -0.491 e.